The summed E-state index contributed by atoms with van der Waals surface area (Å²) >= 11 is 0. The molecule has 0 saturated carbocycles. The van der Waals surface area contributed by atoms with Crippen LogP contribution in [0.1, 0.15) is 17.2 Å². The molecule has 1 heterocycles. The Morgan fingerprint density at radius 1 is 1.39 bits per heavy atom. The number of imide groups is 1. The lowest BCUT2D eigenvalue weighted by molar-refractivity contribution is -0.385. The van der Waals surface area contributed by atoms with E-state index < -0.39 is 22.9 Å². The van der Waals surface area contributed by atoms with Crippen molar-refractivity contribution in [3.63, 3.8) is 0 Å². The highest BCUT2D eigenvalue weighted by molar-refractivity contribution is 6.05. The number of nitrogens with one attached hydrogen (secondary N) is 1. The van der Waals surface area contributed by atoms with Crippen molar-refractivity contribution >= 4 is 17.6 Å². The largest absolute Gasteiger partial charge is 0.324 e. The van der Waals surface area contributed by atoms with Crippen molar-refractivity contribution in [2.24, 2.45) is 0 Å². The van der Waals surface area contributed by atoms with E-state index in [1.807, 2.05) is 0 Å². The van der Waals surface area contributed by atoms with Crippen LogP contribution in [0.4, 0.5) is 10.5 Å². The summed E-state index contributed by atoms with van der Waals surface area (Å²) in [7, 11) is 1.43. The van der Waals surface area contributed by atoms with Gasteiger partial charge in [0.25, 0.3) is 11.6 Å². The molecule has 1 atom stereocenters. The van der Waals surface area contributed by atoms with E-state index in [9.17, 15) is 19.7 Å². The second-order valence-corrected chi connectivity index (χ2v) is 4.07. The van der Waals surface area contributed by atoms with Crippen molar-refractivity contribution in [2.75, 3.05) is 7.05 Å². The van der Waals surface area contributed by atoms with Crippen LogP contribution in [0.5, 0.6) is 0 Å². The van der Waals surface area contributed by atoms with E-state index in [2.05, 4.69) is 5.32 Å². The molecule has 1 N–H and O–H groups in total. The Hall–Kier alpha value is -2.44. The zero-order valence-electron chi connectivity index (χ0n) is 9.84. The molecule has 1 aliphatic heterocycles. The number of nitro benzene ring substituents is 1. The zero-order valence-corrected chi connectivity index (χ0v) is 9.84. The Morgan fingerprint density at radius 2 is 2.06 bits per heavy atom. The van der Waals surface area contributed by atoms with Crippen LogP contribution in [0.25, 0.3) is 0 Å². The minimum Gasteiger partial charge on any atom is -0.311 e. The molecule has 0 radical (unpaired) electrons. The molecule has 3 amide bonds. The van der Waals surface area contributed by atoms with Crippen LogP contribution in [0, 0.1) is 17.0 Å². The average Bonchev–Trinajstić information content (AvgIpc) is 2.54. The van der Waals surface area contributed by atoms with Crippen molar-refractivity contribution < 1.29 is 14.5 Å². The standard InChI is InChI=1S/C11H11N3O4/c1-6-4-3-5-7(14(17)18)8(6)9-10(15)12-11(16)13(9)2/h3-5,9H,1-2H3,(H,12,15,16). The van der Waals surface area contributed by atoms with Gasteiger partial charge in [-0.1, -0.05) is 12.1 Å². The normalized spacial score (nSPS) is 19.0. The lowest BCUT2D eigenvalue weighted by atomic mass is 9.98. The Balaban J connectivity index is 2.61. The van der Waals surface area contributed by atoms with Crippen LogP contribution >= 0.6 is 0 Å². The first-order valence-corrected chi connectivity index (χ1v) is 5.25. The van der Waals surface area contributed by atoms with Gasteiger partial charge in [0.05, 0.1) is 10.5 Å². The number of urea groups is 1. The van der Waals surface area contributed by atoms with Crippen LogP contribution in [-0.4, -0.2) is 28.8 Å². The molecular weight excluding hydrogens is 238 g/mol. The van der Waals surface area contributed by atoms with Crippen molar-refractivity contribution in [2.45, 2.75) is 13.0 Å². The molecule has 7 nitrogen and oxygen atoms in total. The van der Waals surface area contributed by atoms with Gasteiger partial charge in [0, 0.05) is 13.1 Å². The smallest absolute Gasteiger partial charge is 0.311 e. The van der Waals surface area contributed by atoms with Crippen molar-refractivity contribution in [1.82, 2.24) is 10.2 Å². The lowest BCUT2D eigenvalue weighted by Gasteiger charge is -2.18. The van der Waals surface area contributed by atoms with Crippen molar-refractivity contribution in [1.29, 1.82) is 0 Å². The van der Waals surface area contributed by atoms with E-state index in [0.717, 1.165) is 4.90 Å². The molecule has 18 heavy (non-hydrogen) atoms. The highest BCUT2D eigenvalue weighted by atomic mass is 16.6. The van der Waals surface area contributed by atoms with Crippen LogP contribution in [-0.2, 0) is 4.79 Å². The summed E-state index contributed by atoms with van der Waals surface area (Å²) < 4.78 is 0. The molecule has 1 saturated heterocycles. The lowest BCUT2D eigenvalue weighted by Crippen LogP contribution is -2.25. The van der Waals surface area contributed by atoms with Gasteiger partial charge in [-0.15, -0.1) is 0 Å². The average molecular weight is 249 g/mol. The van der Waals surface area contributed by atoms with Gasteiger partial charge in [0.1, 0.15) is 6.04 Å². The second-order valence-electron chi connectivity index (χ2n) is 4.07. The number of nitrogens with zero attached hydrogens (tertiary/aromatic N) is 2. The number of rotatable bonds is 2. The van der Waals surface area contributed by atoms with Gasteiger partial charge in [-0.3, -0.25) is 20.2 Å². The minimum absolute atomic E-state index is 0.156. The minimum atomic E-state index is -0.945. The molecular formula is C11H11N3O4. The van der Waals surface area contributed by atoms with Crippen molar-refractivity contribution in [3.8, 4) is 0 Å². The van der Waals surface area contributed by atoms with Gasteiger partial charge in [-0.25, -0.2) is 4.79 Å². The number of aryl methyl sites for hydroxylation is 1. The maximum atomic E-state index is 11.7. The number of amides is 3. The molecule has 1 aliphatic rings. The number of carbonyl (C=O) groups is 2. The topological polar surface area (TPSA) is 92.5 Å². The Bertz CT molecular complexity index is 555. The molecule has 0 aromatic heterocycles. The monoisotopic (exact) mass is 249 g/mol. The van der Waals surface area contributed by atoms with Gasteiger partial charge in [-0.05, 0) is 12.5 Å². The quantitative estimate of drug-likeness (QED) is 0.483. The SMILES string of the molecule is Cc1cccc([N+](=O)[O-])c1C1C(=O)NC(=O)N1C. The van der Waals surface area contributed by atoms with Crippen LogP contribution in [0.3, 0.4) is 0 Å². The predicted molar refractivity (Wildman–Crippen MR) is 61.9 cm³/mol. The third-order valence-corrected chi connectivity index (χ3v) is 2.96. The maximum Gasteiger partial charge on any atom is 0.324 e. The van der Waals surface area contributed by atoms with Gasteiger partial charge in [0.15, 0.2) is 0 Å². The molecule has 0 spiro atoms. The molecule has 2 rings (SSSR count). The first-order chi connectivity index (χ1) is 8.43. The fourth-order valence-electron chi connectivity index (χ4n) is 2.06. The van der Waals surface area contributed by atoms with Gasteiger partial charge >= 0.3 is 6.03 Å². The summed E-state index contributed by atoms with van der Waals surface area (Å²) in [5.41, 5.74) is 0.705. The summed E-state index contributed by atoms with van der Waals surface area (Å²) in [5.74, 6) is -0.542. The molecule has 1 aromatic rings. The first-order valence-electron chi connectivity index (χ1n) is 5.25. The van der Waals surface area contributed by atoms with Gasteiger partial charge in [-0.2, -0.15) is 0 Å². The summed E-state index contributed by atoms with van der Waals surface area (Å²) in [6.45, 7) is 1.67. The number of hydrogen-bond acceptors (Lipinski definition) is 4. The first kappa shape index (κ1) is 12.0. The van der Waals surface area contributed by atoms with E-state index in [1.165, 1.54) is 13.1 Å². The summed E-state index contributed by atoms with van der Waals surface area (Å²) in [6.07, 6.45) is 0. The van der Waals surface area contributed by atoms with E-state index >= 15 is 0 Å². The third kappa shape index (κ3) is 1.69. The molecule has 0 bridgehead atoms. The second kappa shape index (κ2) is 4.10. The fraction of sp³-hybridized carbons (Fsp3) is 0.273. The Kier molecular flexibility index (Phi) is 2.74. The third-order valence-electron chi connectivity index (χ3n) is 2.96. The van der Waals surface area contributed by atoms with E-state index in [4.69, 9.17) is 0 Å². The molecule has 94 valence electrons. The number of carbonyl (C=O) groups excluding carboxylic acids is 2. The van der Waals surface area contributed by atoms with E-state index in [1.54, 1.807) is 19.1 Å². The molecule has 1 aromatic carbocycles. The summed E-state index contributed by atoms with van der Waals surface area (Å²) in [5, 5.41) is 13.1. The number of benzene rings is 1. The van der Waals surface area contributed by atoms with Crippen molar-refractivity contribution in [3.05, 3.63) is 39.4 Å². The van der Waals surface area contributed by atoms with Crippen LogP contribution in [0.15, 0.2) is 18.2 Å². The molecule has 7 heteroatoms. The van der Waals surface area contributed by atoms with E-state index in [-0.39, 0.29) is 11.3 Å². The Morgan fingerprint density at radius 3 is 2.56 bits per heavy atom. The summed E-state index contributed by atoms with van der Waals surface area (Å²) in [6, 6.07) is 3.05. The number of likely N-dealkylation sites (N-methyl/N-ethyl adjacent to an activating group) is 1. The Labute approximate surface area is 103 Å². The van der Waals surface area contributed by atoms with E-state index in [0.29, 0.717) is 5.56 Å². The highest BCUT2D eigenvalue weighted by Crippen LogP contribution is 2.33. The van der Waals surface area contributed by atoms with Crippen LogP contribution < -0.4 is 5.32 Å². The van der Waals surface area contributed by atoms with Gasteiger partial charge in [0.2, 0.25) is 0 Å². The molecule has 1 fully saturated rings. The number of hydrogen-bond donors (Lipinski definition) is 1. The highest BCUT2D eigenvalue weighted by Gasteiger charge is 2.41. The molecule has 0 aliphatic carbocycles. The van der Waals surface area contributed by atoms with Gasteiger partial charge < -0.3 is 4.90 Å². The predicted octanol–water partition coefficient (Wildman–Crippen LogP) is 1.13. The maximum absolute atomic E-state index is 11.7. The zero-order chi connectivity index (χ0) is 13.4. The summed E-state index contributed by atoms with van der Waals surface area (Å²) in [4.78, 5) is 34.7. The molecule has 1 unspecified atom stereocenters. The fourth-order valence-corrected chi connectivity index (χ4v) is 2.06. The van der Waals surface area contributed by atoms with Crippen LogP contribution in [0.2, 0.25) is 0 Å². The number of nitro groups is 1.